The van der Waals surface area contributed by atoms with E-state index in [1.54, 1.807) is 22.9 Å². The third-order valence-corrected chi connectivity index (χ3v) is 3.21. The standard InChI is InChI=1S/C14H17N5.C3H6O2/c1-4-6-11(5-2)7-16-14-13-10(3)12(15)8-19(13)18-9-17-14;1-3(4)5-2/h4-6,8-9H,1-2,7,15H2,3H3,(H,16,17,18);1-2H3/b11-6+;. The molecular formula is C17H23N5O2. The second-order valence-electron chi connectivity index (χ2n) is 4.84. The van der Waals surface area contributed by atoms with E-state index in [0.29, 0.717) is 12.2 Å². The highest BCUT2D eigenvalue weighted by Gasteiger charge is 2.10. The van der Waals surface area contributed by atoms with Crippen LogP contribution in [0.4, 0.5) is 11.5 Å². The van der Waals surface area contributed by atoms with Gasteiger partial charge in [-0.2, -0.15) is 5.10 Å². The molecule has 2 aromatic rings. The molecule has 7 nitrogen and oxygen atoms in total. The van der Waals surface area contributed by atoms with Crippen molar-refractivity contribution in [2.24, 2.45) is 0 Å². The van der Waals surface area contributed by atoms with E-state index in [4.69, 9.17) is 5.73 Å². The lowest BCUT2D eigenvalue weighted by atomic mass is 10.2. The van der Waals surface area contributed by atoms with Crippen LogP contribution in [-0.2, 0) is 9.53 Å². The molecule has 0 aliphatic rings. The molecule has 2 heterocycles. The van der Waals surface area contributed by atoms with Crippen molar-refractivity contribution < 1.29 is 9.53 Å². The lowest BCUT2D eigenvalue weighted by molar-refractivity contribution is -0.137. The van der Waals surface area contributed by atoms with Crippen LogP contribution in [0.15, 0.2) is 49.5 Å². The molecule has 7 heteroatoms. The van der Waals surface area contributed by atoms with Gasteiger partial charge in [0.25, 0.3) is 0 Å². The Labute approximate surface area is 141 Å². The molecule has 0 spiro atoms. The van der Waals surface area contributed by atoms with Crippen molar-refractivity contribution >= 4 is 23.0 Å². The van der Waals surface area contributed by atoms with Gasteiger partial charge < -0.3 is 15.8 Å². The number of allylic oxidation sites excluding steroid dienone is 2. The van der Waals surface area contributed by atoms with Crippen LogP contribution < -0.4 is 11.1 Å². The zero-order valence-corrected chi connectivity index (χ0v) is 14.2. The number of fused-ring (bicyclic) bond motifs is 1. The number of esters is 1. The number of rotatable bonds is 5. The van der Waals surface area contributed by atoms with Crippen LogP contribution in [0.1, 0.15) is 12.5 Å². The zero-order valence-electron chi connectivity index (χ0n) is 14.2. The van der Waals surface area contributed by atoms with E-state index in [2.05, 4.69) is 33.3 Å². The molecule has 0 saturated heterocycles. The Balaban J connectivity index is 0.000000505. The number of anilines is 2. The monoisotopic (exact) mass is 329 g/mol. The summed E-state index contributed by atoms with van der Waals surface area (Å²) in [7, 11) is 1.35. The average molecular weight is 329 g/mol. The fraction of sp³-hybridized carbons (Fsp3) is 0.235. The molecule has 24 heavy (non-hydrogen) atoms. The predicted molar refractivity (Wildman–Crippen MR) is 96.8 cm³/mol. The fourth-order valence-electron chi connectivity index (χ4n) is 1.84. The molecule has 3 N–H and O–H groups in total. The Hall–Kier alpha value is -3.09. The maximum Gasteiger partial charge on any atom is 0.302 e. The first-order valence-corrected chi connectivity index (χ1v) is 7.25. The van der Waals surface area contributed by atoms with Crippen LogP contribution in [0.25, 0.3) is 5.52 Å². The third kappa shape index (κ3) is 4.98. The highest BCUT2D eigenvalue weighted by molar-refractivity contribution is 5.78. The summed E-state index contributed by atoms with van der Waals surface area (Å²) < 4.78 is 5.84. The quantitative estimate of drug-likeness (QED) is 0.646. The summed E-state index contributed by atoms with van der Waals surface area (Å²) >= 11 is 0. The van der Waals surface area contributed by atoms with Gasteiger partial charge in [-0.3, -0.25) is 4.79 Å². The van der Waals surface area contributed by atoms with Gasteiger partial charge in [-0.1, -0.05) is 31.4 Å². The van der Waals surface area contributed by atoms with E-state index < -0.39 is 0 Å². The number of aryl methyl sites for hydroxylation is 1. The summed E-state index contributed by atoms with van der Waals surface area (Å²) in [6.45, 7) is 11.4. The molecule has 0 radical (unpaired) electrons. The molecule has 128 valence electrons. The number of nitrogens with two attached hydrogens (primary N) is 1. The summed E-state index contributed by atoms with van der Waals surface area (Å²) in [6, 6.07) is 0. The van der Waals surface area contributed by atoms with Crippen molar-refractivity contribution in [2.75, 3.05) is 24.7 Å². The second-order valence-corrected chi connectivity index (χ2v) is 4.84. The van der Waals surface area contributed by atoms with Crippen molar-refractivity contribution in [3.05, 3.63) is 55.0 Å². The Morgan fingerprint density at radius 1 is 1.50 bits per heavy atom. The van der Waals surface area contributed by atoms with E-state index in [9.17, 15) is 4.79 Å². The largest absolute Gasteiger partial charge is 0.469 e. The van der Waals surface area contributed by atoms with Gasteiger partial charge >= 0.3 is 5.97 Å². The smallest absolute Gasteiger partial charge is 0.302 e. The van der Waals surface area contributed by atoms with Gasteiger partial charge in [0.1, 0.15) is 11.8 Å². The minimum atomic E-state index is -0.245. The molecular weight excluding hydrogens is 306 g/mol. The number of nitrogens with zero attached hydrogens (tertiary/aromatic N) is 3. The molecule has 0 amide bonds. The average Bonchev–Trinajstić information content (AvgIpc) is 2.87. The van der Waals surface area contributed by atoms with E-state index in [-0.39, 0.29) is 5.97 Å². The maximum absolute atomic E-state index is 9.59. The Morgan fingerprint density at radius 3 is 2.71 bits per heavy atom. The third-order valence-electron chi connectivity index (χ3n) is 3.21. The highest BCUT2D eigenvalue weighted by atomic mass is 16.5. The normalized spacial score (nSPS) is 10.5. The topological polar surface area (TPSA) is 94.5 Å². The number of nitrogen functional groups attached to an aromatic ring is 1. The van der Waals surface area contributed by atoms with Crippen molar-refractivity contribution in [2.45, 2.75) is 13.8 Å². The van der Waals surface area contributed by atoms with E-state index in [1.807, 2.05) is 13.0 Å². The van der Waals surface area contributed by atoms with Gasteiger partial charge in [0.05, 0.1) is 19.0 Å². The first kappa shape index (κ1) is 19.0. The molecule has 0 saturated carbocycles. The van der Waals surface area contributed by atoms with E-state index in [1.165, 1.54) is 20.4 Å². The molecule has 0 fully saturated rings. The number of nitrogens with one attached hydrogen (secondary N) is 1. The molecule has 2 rings (SSSR count). The van der Waals surface area contributed by atoms with Gasteiger partial charge in [-0.25, -0.2) is 9.50 Å². The number of hydrogen-bond donors (Lipinski definition) is 2. The first-order valence-electron chi connectivity index (χ1n) is 7.25. The molecule has 0 unspecified atom stereocenters. The summed E-state index contributed by atoms with van der Waals surface area (Å²) in [5.74, 6) is 0.506. The minimum absolute atomic E-state index is 0.245. The zero-order chi connectivity index (χ0) is 18.1. The summed E-state index contributed by atoms with van der Waals surface area (Å²) in [5.41, 5.74) is 9.49. The van der Waals surface area contributed by atoms with E-state index in [0.717, 1.165) is 22.5 Å². The molecule has 0 atom stereocenters. The van der Waals surface area contributed by atoms with Crippen molar-refractivity contribution in [1.82, 2.24) is 14.6 Å². The molecule has 0 bridgehead atoms. The van der Waals surface area contributed by atoms with Crippen LogP contribution in [-0.4, -0.2) is 34.2 Å². The van der Waals surface area contributed by atoms with Crippen LogP contribution >= 0.6 is 0 Å². The highest BCUT2D eigenvalue weighted by Crippen LogP contribution is 2.23. The van der Waals surface area contributed by atoms with Crippen LogP contribution in [0, 0.1) is 6.92 Å². The van der Waals surface area contributed by atoms with Gasteiger partial charge in [0.2, 0.25) is 0 Å². The van der Waals surface area contributed by atoms with Crippen LogP contribution in [0.2, 0.25) is 0 Å². The Morgan fingerprint density at radius 2 is 2.17 bits per heavy atom. The van der Waals surface area contributed by atoms with Gasteiger partial charge in [-0.15, -0.1) is 0 Å². The number of aromatic nitrogens is 3. The summed E-state index contributed by atoms with van der Waals surface area (Å²) in [5, 5.41) is 7.40. The minimum Gasteiger partial charge on any atom is -0.469 e. The van der Waals surface area contributed by atoms with Gasteiger partial charge in [0.15, 0.2) is 5.82 Å². The van der Waals surface area contributed by atoms with Crippen LogP contribution in [0.5, 0.6) is 0 Å². The van der Waals surface area contributed by atoms with Crippen molar-refractivity contribution in [3.63, 3.8) is 0 Å². The van der Waals surface area contributed by atoms with Gasteiger partial charge in [0, 0.05) is 19.0 Å². The number of carbonyl (C=O) groups is 1. The second kappa shape index (κ2) is 9.14. The maximum atomic E-state index is 9.59. The fourth-order valence-corrected chi connectivity index (χ4v) is 1.84. The lowest BCUT2D eigenvalue weighted by Gasteiger charge is -2.08. The van der Waals surface area contributed by atoms with Crippen molar-refractivity contribution in [3.8, 4) is 0 Å². The number of hydrogen-bond acceptors (Lipinski definition) is 6. The SMILES string of the molecule is C=C/C=C(\C=C)CNc1ncnn2cc(N)c(C)c12.COC(C)=O. The number of ether oxygens (including phenoxy) is 1. The number of methoxy groups -OCH3 is 1. The number of carbonyl (C=O) groups excluding carboxylic acids is 1. The van der Waals surface area contributed by atoms with E-state index >= 15 is 0 Å². The lowest BCUT2D eigenvalue weighted by Crippen LogP contribution is -2.07. The molecule has 0 aromatic carbocycles. The summed E-state index contributed by atoms with van der Waals surface area (Å²) in [4.78, 5) is 13.9. The predicted octanol–water partition coefficient (Wildman–Crippen LogP) is 2.51. The summed E-state index contributed by atoms with van der Waals surface area (Å²) in [6.07, 6.45) is 8.70. The van der Waals surface area contributed by atoms with Gasteiger partial charge in [-0.05, 0) is 12.5 Å². The Kier molecular flexibility index (Phi) is 7.22. The molecule has 0 aliphatic heterocycles. The Bertz CT molecular complexity index is 762. The van der Waals surface area contributed by atoms with Crippen molar-refractivity contribution in [1.29, 1.82) is 0 Å². The first-order chi connectivity index (χ1) is 11.4. The molecule has 2 aromatic heterocycles. The molecule has 0 aliphatic carbocycles. The van der Waals surface area contributed by atoms with Crippen LogP contribution in [0.3, 0.4) is 0 Å².